The first-order valence-electron chi connectivity index (χ1n) is 5.64. The summed E-state index contributed by atoms with van der Waals surface area (Å²) in [6.45, 7) is 7.21. The number of aliphatic hydroxyl groups excluding tert-OH is 1. The number of hydrogen-bond acceptors (Lipinski definition) is 2. The predicted molar refractivity (Wildman–Crippen MR) is 64.4 cm³/mol. The van der Waals surface area contributed by atoms with Crippen molar-refractivity contribution in [3.8, 4) is 5.75 Å². The number of rotatable bonds is 4. The standard InChI is InChI=1S/C13H21NO2/c1-13(2,3)11-6-4-5-7-12(11)16-9-10(15)8-14/h4-7,10,15H,8-9,14H2,1-3H3/p+1/t10-/m0/s1. The molecule has 16 heavy (non-hydrogen) atoms. The maximum absolute atomic E-state index is 9.43. The largest absolute Gasteiger partial charge is 0.490 e. The molecule has 0 amide bonds. The minimum Gasteiger partial charge on any atom is -0.490 e. The molecule has 1 aromatic rings. The van der Waals surface area contributed by atoms with E-state index in [0.717, 1.165) is 11.3 Å². The van der Waals surface area contributed by atoms with Gasteiger partial charge in [-0.3, -0.25) is 0 Å². The van der Waals surface area contributed by atoms with Gasteiger partial charge in [-0.15, -0.1) is 0 Å². The number of quaternary nitrogens is 1. The highest BCUT2D eigenvalue weighted by Gasteiger charge is 2.18. The van der Waals surface area contributed by atoms with Crippen molar-refractivity contribution in [1.29, 1.82) is 0 Å². The maximum Gasteiger partial charge on any atom is 0.136 e. The van der Waals surface area contributed by atoms with E-state index in [0.29, 0.717) is 13.2 Å². The molecule has 0 bridgehead atoms. The van der Waals surface area contributed by atoms with Gasteiger partial charge in [0.2, 0.25) is 0 Å². The highest BCUT2D eigenvalue weighted by atomic mass is 16.5. The van der Waals surface area contributed by atoms with Gasteiger partial charge in [0.25, 0.3) is 0 Å². The van der Waals surface area contributed by atoms with Gasteiger partial charge in [0, 0.05) is 0 Å². The van der Waals surface area contributed by atoms with Crippen LogP contribution >= 0.6 is 0 Å². The van der Waals surface area contributed by atoms with Crippen LogP contribution in [-0.4, -0.2) is 24.4 Å². The molecule has 0 radical (unpaired) electrons. The Hall–Kier alpha value is -1.06. The van der Waals surface area contributed by atoms with Crippen LogP contribution in [0, 0.1) is 0 Å². The Bertz CT molecular complexity index is 331. The lowest BCUT2D eigenvalue weighted by molar-refractivity contribution is -0.384. The maximum atomic E-state index is 9.43. The molecule has 1 rings (SSSR count). The highest BCUT2D eigenvalue weighted by molar-refractivity contribution is 5.38. The second-order valence-electron chi connectivity index (χ2n) is 5.00. The lowest BCUT2D eigenvalue weighted by atomic mass is 9.86. The van der Waals surface area contributed by atoms with Crippen molar-refractivity contribution in [3.63, 3.8) is 0 Å². The molecule has 4 N–H and O–H groups in total. The Morgan fingerprint density at radius 2 is 1.94 bits per heavy atom. The van der Waals surface area contributed by atoms with Crippen LogP contribution in [0.15, 0.2) is 24.3 Å². The van der Waals surface area contributed by atoms with Gasteiger partial charge in [0.05, 0.1) is 0 Å². The quantitative estimate of drug-likeness (QED) is 0.800. The van der Waals surface area contributed by atoms with Crippen molar-refractivity contribution in [2.45, 2.75) is 32.3 Å². The average Bonchev–Trinajstić information content (AvgIpc) is 2.25. The predicted octanol–water partition coefficient (Wildman–Crippen LogP) is 0.966. The van der Waals surface area contributed by atoms with Crippen LogP contribution < -0.4 is 10.5 Å². The molecular formula is C13H22NO2+. The highest BCUT2D eigenvalue weighted by Crippen LogP contribution is 2.30. The Labute approximate surface area is 97.2 Å². The van der Waals surface area contributed by atoms with Crippen molar-refractivity contribution in [1.82, 2.24) is 0 Å². The van der Waals surface area contributed by atoms with E-state index >= 15 is 0 Å². The van der Waals surface area contributed by atoms with Crippen LogP contribution in [0.1, 0.15) is 26.3 Å². The molecule has 0 aromatic heterocycles. The molecule has 3 nitrogen and oxygen atoms in total. The van der Waals surface area contributed by atoms with Gasteiger partial charge < -0.3 is 15.6 Å². The molecule has 1 aromatic carbocycles. The van der Waals surface area contributed by atoms with Crippen molar-refractivity contribution < 1.29 is 15.6 Å². The number of ether oxygens (including phenoxy) is 1. The summed E-state index contributed by atoms with van der Waals surface area (Å²) in [5.74, 6) is 0.850. The van der Waals surface area contributed by atoms with Crippen molar-refractivity contribution in [2.24, 2.45) is 0 Å². The van der Waals surface area contributed by atoms with E-state index in [1.807, 2.05) is 18.2 Å². The minimum absolute atomic E-state index is 0.0476. The first-order chi connectivity index (χ1) is 7.45. The van der Waals surface area contributed by atoms with Gasteiger partial charge in [-0.2, -0.15) is 0 Å². The van der Waals surface area contributed by atoms with E-state index in [2.05, 4.69) is 32.6 Å². The van der Waals surface area contributed by atoms with Crippen LogP contribution in [0.5, 0.6) is 5.75 Å². The van der Waals surface area contributed by atoms with Gasteiger partial charge in [0.15, 0.2) is 0 Å². The first-order valence-corrected chi connectivity index (χ1v) is 5.64. The first kappa shape index (κ1) is 13.0. The summed E-state index contributed by atoms with van der Waals surface area (Å²) in [6, 6.07) is 7.95. The summed E-state index contributed by atoms with van der Waals surface area (Å²) in [6.07, 6.45) is -0.493. The van der Waals surface area contributed by atoms with Crippen LogP contribution in [0.25, 0.3) is 0 Å². The van der Waals surface area contributed by atoms with Gasteiger partial charge in [0.1, 0.15) is 25.0 Å². The average molecular weight is 224 g/mol. The van der Waals surface area contributed by atoms with E-state index in [9.17, 15) is 5.11 Å². The van der Waals surface area contributed by atoms with E-state index < -0.39 is 6.10 Å². The third kappa shape index (κ3) is 3.51. The van der Waals surface area contributed by atoms with E-state index in [4.69, 9.17) is 4.74 Å². The fourth-order valence-corrected chi connectivity index (χ4v) is 1.48. The molecule has 1 atom stereocenters. The smallest absolute Gasteiger partial charge is 0.136 e. The van der Waals surface area contributed by atoms with Crippen molar-refractivity contribution in [3.05, 3.63) is 29.8 Å². The lowest BCUT2D eigenvalue weighted by Crippen LogP contribution is -2.56. The number of benzene rings is 1. The third-order valence-corrected chi connectivity index (χ3v) is 2.46. The molecule has 90 valence electrons. The van der Waals surface area contributed by atoms with E-state index in [-0.39, 0.29) is 5.41 Å². The monoisotopic (exact) mass is 224 g/mol. The van der Waals surface area contributed by atoms with Gasteiger partial charge >= 0.3 is 0 Å². The normalized spacial score (nSPS) is 13.6. The molecule has 0 aliphatic carbocycles. The Morgan fingerprint density at radius 1 is 1.31 bits per heavy atom. The van der Waals surface area contributed by atoms with Crippen LogP contribution in [0.3, 0.4) is 0 Å². The summed E-state index contributed by atoms with van der Waals surface area (Å²) < 4.78 is 5.63. The van der Waals surface area contributed by atoms with Crippen molar-refractivity contribution >= 4 is 0 Å². The summed E-state index contributed by atoms with van der Waals surface area (Å²) in [5.41, 5.74) is 4.85. The SMILES string of the molecule is CC(C)(C)c1ccccc1OC[C@@H](O)C[NH3+]. The van der Waals surface area contributed by atoms with Gasteiger partial charge in [-0.05, 0) is 17.0 Å². The summed E-state index contributed by atoms with van der Waals surface area (Å²) in [5, 5.41) is 9.43. The number of para-hydroxylation sites is 1. The van der Waals surface area contributed by atoms with Crippen LogP contribution in [0.2, 0.25) is 0 Å². The number of hydrogen-bond donors (Lipinski definition) is 2. The fraction of sp³-hybridized carbons (Fsp3) is 0.538. The summed E-state index contributed by atoms with van der Waals surface area (Å²) in [4.78, 5) is 0. The molecule has 0 fully saturated rings. The second-order valence-corrected chi connectivity index (χ2v) is 5.00. The summed E-state index contributed by atoms with van der Waals surface area (Å²) in [7, 11) is 0. The molecule has 0 saturated heterocycles. The van der Waals surface area contributed by atoms with E-state index in [1.165, 1.54) is 0 Å². The van der Waals surface area contributed by atoms with Gasteiger partial charge in [-0.25, -0.2) is 0 Å². The molecule has 0 aliphatic rings. The third-order valence-electron chi connectivity index (χ3n) is 2.46. The second kappa shape index (κ2) is 5.32. The molecule has 0 aliphatic heterocycles. The molecular weight excluding hydrogens is 202 g/mol. The Balaban J connectivity index is 2.80. The zero-order valence-electron chi connectivity index (χ0n) is 10.4. The molecule has 0 spiro atoms. The Morgan fingerprint density at radius 3 is 2.50 bits per heavy atom. The molecule has 3 heteroatoms. The molecule has 0 unspecified atom stereocenters. The van der Waals surface area contributed by atoms with Gasteiger partial charge in [-0.1, -0.05) is 39.0 Å². The number of aliphatic hydroxyl groups is 1. The van der Waals surface area contributed by atoms with Crippen LogP contribution in [0.4, 0.5) is 0 Å². The fourth-order valence-electron chi connectivity index (χ4n) is 1.48. The molecule has 0 saturated carbocycles. The summed E-state index contributed by atoms with van der Waals surface area (Å²) >= 11 is 0. The van der Waals surface area contributed by atoms with Crippen LogP contribution in [-0.2, 0) is 5.41 Å². The lowest BCUT2D eigenvalue weighted by Gasteiger charge is -2.23. The Kier molecular flexibility index (Phi) is 4.33. The van der Waals surface area contributed by atoms with Crippen molar-refractivity contribution in [2.75, 3.05) is 13.2 Å². The van der Waals surface area contributed by atoms with E-state index in [1.54, 1.807) is 0 Å². The zero-order valence-corrected chi connectivity index (χ0v) is 10.4. The zero-order chi connectivity index (χ0) is 12.2. The molecule has 0 heterocycles. The minimum atomic E-state index is -0.493. The topological polar surface area (TPSA) is 57.1 Å².